The molecule has 0 aliphatic heterocycles. The number of benzene rings is 2. The minimum atomic E-state index is -0.921. The van der Waals surface area contributed by atoms with Crippen LogP contribution in [0.4, 0.5) is 0 Å². The van der Waals surface area contributed by atoms with Crippen LogP contribution in [0, 0.1) is 0 Å². The van der Waals surface area contributed by atoms with Gasteiger partial charge in [-0.1, -0.05) is 41.9 Å². The fraction of sp³-hybridized carbons (Fsp3) is 0.238. The molecule has 3 aromatic rings. The number of halogens is 1. The maximum Gasteiger partial charge on any atom is 0.355 e. The largest absolute Gasteiger partial charge is 0.481 e. The molecule has 0 unspecified atom stereocenters. The first-order valence-electron chi connectivity index (χ1n) is 8.74. The number of ether oxygens (including phenoxy) is 1. The van der Waals surface area contributed by atoms with Crippen LogP contribution in [0.5, 0.6) is 0 Å². The molecule has 0 saturated carbocycles. The summed E-state index contributed by atoms with van der Waals surface area (Å²) in [6.45, 7) is 2.46. The highest BCUT2D eigenvalue weighted by Gasteiger charge is 2.24. The van der Waals surface area contributed by atoms with Crippen LogP contribution in [0.3, 0.4) is 0 Å². The van der Waals surface area contributed by atoms with Gasteiger partial charge in [-0.2, -0.15) is 0 Å². The number of carboxylic acid groups (broad SMARTS) is 1. The van der Waals surface area contributed by atoms with Gasteiger partial charge in [0.2, 0.25) is 0 Å². The number of aryl methyl sites for hydroxylation is 1. The van der Waals surface area contributed by atoms with Crippen molar-refractivity contribution < 1.29 is 19.4 Å². The second-order valence-electron chi connectivity index (χ2n) is 6.17. The lowest BCUT2D eigenvalue weighted by Gasteiger charge is -2.11. The summed E-state index contributed by atoms with van der Waals surface area (Å²) >= 11 is 6.17. The molecule has 1 aromatic heterocycles. The average molecular weight is 386 g/mol. The number of carbonyl (C=O) groups is 2. The van der Waals surface area contributed by atoms with Crippen LogP contribution >= 0.6 is 11.6 Å². The molecule has 0 aliphatic rings. The van der Waals surface area contributed by atoms with E-state index in [0.717, 1.165) is 16.5 Å². The molecule has 0 radical (unpaired) electrons. The average Bonchev–Trinajstić information content (AvgIpc) is 2.93. The van der Waals surface area contributed by atoms with Crippen LogP contribution in [0.1, 0.15) is 35.0 Å². The lowest BCUT2D eigenvalue weighted by atomic mass is 10.1. The van der Waals surface area contributed by atoms with Gasteiger partial charge < -0.3 is 14.4 Å². The van der Waals surface area contributed by atoms with E-state index in [2.05, 4.69) is 0 Å². The Bertz CT molecular complexity index is 979. The Hall–Kier alpha value is -2.79. The molecule has 0 bridgehead atoms. The van der Waals surface area contributed by atoms with Gasteiger partial charge >= 0.3 is 11.9 Å². The number of carboxylic acids is 1. The number of hydrogen-bond donors (Lipinski definition) is 1. The van der Waals surface area contributed by atoms with Crippen LogP contribution in [-0.4, -0.2) is 28.2 Å². The van der Waals surface area contributed by atoms with Gasteiger partial charge in [0.25, 0.3) is 0 Å². The summed E-state index contributed by atoms with van der Waals surface area (Å²) in [5, 5.41) is 10.4. The number of carbonyl (C=O) groups excluding carboxylic acids is 1. The van der Waals surface area contributed by atoms with Crippen molar-refractivity contribution in [1.29, 1.82) is 0 Å². The van der Waals surface area contributed by atoms with Gasteiger partial charge in [0, 0.05) is 28.9 Å². The standard InChI is InChI=1S/C21H20ClNO4/c1-2-27-21(26)20-16(9-11-19(24)25)17-12-15(22)8-10-18(17)23(20)13-14-6-4-3-5-7-14/h3-8,10,12H,2,9,11,13H2,1H3,(H,24,25). The van der Waals surface area contributed by atoms with E-state index in [1.165, 1.54) is 0 Å². The van der Waals surface area contributed by atoms with E-state index in [1.807, 2.05) is 41.0 Å². The van der Waals surface area contributed by atoms with Crippen molar-refractivity contribution in [2.24, 2.45) is 0 Å². The smallest absolute Gasteiger partial charge is 0.355 e. The third kappa shape index (κ3) is 4.14. The lowest BCUT2D eigenvalue weighted by Crippen LogP contribution is -2.15. The Balaban J connectivity index is 2.22. The quantitative estimate of drug-likeness (QED) is 0.606. The van der Waals surface area contributed by atoms with Crippen LogP contribution < -0.4 is 0 Å². The first-order valence-corrected chi connectivity index (χ1v) is 9.12. The maximum atomic E-state index is 12.8. The first kappa shape index (κ1) is 19.0. The Morgan fingerprint density at radius 1 is 1.15 bits per heavy atom. The summed E-state index contributed by atoms with van der Waals surface area (Å²) in [4.78, 5) is 23.9. The molecule has 6 heteroatoms. The van der Waals surface area contributed by atoms with Crippen molar-refractivity contribution in [3.05, 3.63) is 70.4 Å². The second-order valence-corrected chi connectivity index (χ2v) is 6.61. The molecule has 0 atom stereocenters. The topological polar surface area (TPSA) is 68.5 Å². The maximum absolute atomic E-state index is 12.8. The molecular formula is C21H20ClNO4. The number of esters is 1. The molecule has 140 valence electrons. The molecule has 3 rings (SSSR count). The summed E-state index contributed by atoms with van der Waals surface area (Å²) in [7, 11) is 0. The third-order valence-corrected chi connectivity index (χ3v) is 4.61. The number of hydrogen-bond acceptors (Lipinski definition) is 3. The van der Waals surface area contributed by atoms with Crippen molar-refractivity contribution in [2.45, 2.75) is 26.3 Å². The highest BCUT2D eigenvalue weighted by molar-refractivity contribution is 6.31. The van der Waals surface area contributed by atoms with Gasteiger partial charge in [0.05, 0.1) is 6.61 Å². The van der Waals surface area contributed by atoms with Crippen LogP contribution in [0.15, 0.2) is 48.5 Å². The summed E-state index contributed by atoms with van der Waals surface area (Å²) in [6, 6.07) is 15.2. The van der Waals surface area contributed by atoms with Crippen molar-refractivity contribution in [3.63, 3.8) is 0 Å². The summed E-state index contributed by atoms with van der Waals surface area (Å²) < 4.78 is 7.16. The minimum absolute atomic E-state index is 0.0800. The predicted octanol–water partition coefficient (Wildman–Crippen LogP) is 4.54. The summed E-state index contributed by atoms with van der Waals surface area (Å²) in [5.41, 5.74) is 2.90. The van der Waals surface area contributed by atoms with Crippen molar-refractivity contribution in [2.75, 3.05) is 6.61 Å². The van der Waals surface area contributed by atoms with Gasteiger partial charge in [-0.25, -0.2) is 4.79 Å². The van der Waals surface area contributed by atoms with E-state index in [-0.39, 0.29) is 19.4 Å². The molecule has 2 aromatic carbocycles. The zero-order valence-corrected chi connectivity index (χ0v) is 15.7. The van der Waals surface area contributed by atoms with Crippen LogP contribution in [-0.2, 0) is 22.5 Å². The van der Waals surface area contributed by atoms with E-state index in [9.17, 15) is 9.59 Å². The Morgan fingerprint density at radius 2 is 1.89 bits per heavy atom. The number of rotatable bonds is 7. The lowest BCUT2D eigenvalue weighted by molar-refractivity contribution is -0.136. The second kappa shape index (κ2) is 8.27. The van der Waals surface area contributed by atoms with E-state index in [4.69, 9.17) is 21.4 Å². The van der Waals surface area contributed by atoms with E-state index in [0.29, 0.717) is 22.8 Å². The molecule has 0 saturated heterocycles. The van der Waals surface area contributed by atoms with Gasteiger partial charge in [-0.15, -0.1) is 0 Å². The molecular weight excluding hydrogens is 366 g/mol. The molecule has 0 amide bonds. The zero-order valence-electron chi connectivity index (χ0n) is 14.9. The summed E-state index contributed by atoms with van der Waals surface area (Å²) in [5.74, 6) is -1.38. The van der Waals surface area contributed by atoms with E-state index in [1.54, 1.807) is 19.1 Å². The van der Waals surface area contributed by atoms with Gasteiger partial charge in [-0.05, 0) is 42.7 Å². The molecule has 0 aliphatic carbocycles. The third-order valence-electron chi connectivity index (χ3n) is 4.37. The number of fused-ring (bicyclic) bond motifs is 1. The first-order chi connectivity index (χ1) is 13.0. The molecule has 5 nitrogen and oxygen atoms in total. The van der Waals surface area contributed by atoms with Crippen molar-refractivity contribution in [1.82, 2.24) is 4.57 Å². The number of nitrogens with zero attached hydrogens (tertiary/aromatic N) is 1. The molecule has 0 spiro atoms. The number of aliphatic carboxylic acids is 1. The van der Waals surface area contributed by atoms with Crippen molar-refractivity contribution in [3.8, 4) is 0 Å². The number of aromatic nitrogens is 1. The Morgan fingerprint density at radius 3 is 2.56 bits per heavy atom. The van der Waals surface area contributed by atoms with Gasteiger partial charge in [-0.3, -0.25) is 4.79 Å². The van der Waals surface area contributed by atoms with Crippen LogP contribution in [0.2, 0.25) is 5.02 Å². The Labute approximate surface area is 162 Å². The SMILES string of the molecule is CCOC(=O)c1c(CCC(=O)O)c2cc(Cl)ccc2n1Cc1ccccc1. The monoisotopic (exact) mass is 385 g/mol. The van der Waals surface area contributed by atoms with E-state index >= 15 is 0 Å². The zero-order chi connectivity index (χ0) is 19.4. The molecule has 1 heterocycles. The highest BCUT2D eigenvalue weighted by atomic mass is 35.5. The fourth-order valence-electron chi connectivity index (χ4n) is 3.24. The molecule has 0 fully saturated rings. The predicted molar refractivity (Wildman–Crippen MR) is 104 cm³/mol. The van der Waals surface area contributed by atoms with Crippen LogP contribution in [0.25, 0.3) is 10.9 Å². The van der Waals surface area contributed by atoms with Crippen molar-refractivity contribution >= 4 is 34.4 Å². The fourth-order valence-corrected chi connectivity index (χ4v) is 3.42. The molecule has 1 N–H and O–H groups in total. The Kier molecular flexibility index (Phi) is 5.81. The van der Waals surface area contributed by atoms with Gasteiger partial charge in [0.1, 0.15) is 5.69 Å². The molecule has 27 heavy (non-hydrogen) atoms. The highest BCUT2D eigenvalue weighted by Crippen LogP contribution is 2.31. The summed E-state index contributed by atoms with van der Waals surface area (Å²) in [6.07, 6.45) is 0.144. The normalized spacial score (nSPS) is 10.9. The van der Waals surface area contributed by atoms with E-state index < -0.39 is 11.9 Å². The van der Waals surface area contributed by atoms with Gasteiger partial charge in [0.15, 0.2) is 0 Å². The minimum Gasteiger partial charge on any atom is -0.481 e.